The van der Waals surface area contributed by atoms with E-state index >= 15 is 0 Å². The van der Waals surface area contributed by atoms with Crippen molar-refractivity contribution < 1.29 is 9.13 Å². The molecule has 0 aliphatic rings. The quantitative estimate of drug-likeness (QED) is 0.898. The highest BCUT2D eigenvalue weighted by Crippen LogP contribution is 2.23. The van der Waals surface area contributed by atoms with Crippen LogP contribution in [0.15, 0.2) is 30.3 Å². The van der Waals surface area contributed by atoms with Gasteiger partial charge in [-0.1, -0.05) is 6.92 Å². The molecule has 0 aliphatic carbocycles. The highest BCUT2D eigenvalue weighted by Gasteiger charge is 2.05. The standard InChI is InChI=1S/C14H16FNOS/c1-2-12-4-5-13(18-12)9-17-14-6-3-11(15)7-10(14)8-16/h3-7H,2,8-9,16H2,1H3. The Morgan fingerprint density at radius 2 is 2.00 bits per heavy atom. The second-order valence-corrected chi connectivity index (χ2v) is 5.22. The molecule has 18 heavy (non-hydrogen) atoms. The van der Waals surface area contributed by atoms with Gasteiger partial charge in [-0.15, -0.1) is 11.3 Å². The summed E-state index contributed by atoms with van der Waals surface area (Å²) in [5, 5.41) is 0. The molecule has 2 aromatic rings. The fraction of sp³-hybridized carbons (Fsp3) is 0.286. The third-order valence-electron chi connectivity index (χ3n) is 2.68. The molecule has 0 spiro atoms. The third-order valence-corrected chi connectivity index (χ3v) is 3.88. The van der Waals surface area contributed by atoms with E-state index in [1.807, 2.05) is 0 Å². The molecule has 2 rings (SSSR count). The first-order valence-corrected chi connectivity index (χ1v) is 6.73. The smallest absolute Gasteiger partial charge is 0.124 e. The summed E-state index contributed by atoms with van der Waals surface area (Å²) in [6.45, 7) is 2.91. The van der Waals surface area contributed by atoms with Gasteiger partial charge in [0.05, 0.1) is 0 Å². The molecule has 0 radical (unpaired) electrons. The largest absolute Gasteiger partial charge is 0.488 e. The first kappa shape index (κ1) is 13.1. The number of halogens is 1. The molecule has 0 atom stereocenters. The van der Waals surface area contributed by atoms with Crippen LogP contribution in [0.4, 0.5) is 4.39 Å². The van der Waals surface area contributed by atoms with E-state index in [1.165, 1.54) is 21.9 Å². The second-order valence-electron chi connectivity index (χ2n) is 3.97. The molecule has 0 saturated heterocycles. The lowest BCUT2D eigenvalue weighted by molar-refractivity contribution is 0.306. The molecule has 0 saturated carbocycles. The Kier molecular flexibility index (Phi) is 4.33. The SMILES string of the molecule is CCc1ccc(COc2ccc(F)cc2CN)s1. The Bertz CT molecular complexity index is 524. The van der Waals surface area contributed by atoms with E-state index in [9.17, 15) is 4.39 Å². The van der Waals surface area contributed by atoms with Crippen LogP contribution in [0.25, 0.3) is 0 Å². The predicted octanol–water partition coefficient (Wildman–Crippen LogP) is 3.49. The van der Waals surface area contributed by atoms with Crippen LogP contribution in [0.5, 0.6) is 5.75 Å². The number of thiophene rings is 1. The number of aryl methyl sites for hydroxylation is 1. The van der Waals surface area contributed by atoms with Crippen molar-refractivity contribution in [2.45, 2.75) is 26.5 Å². The van der Waals surface area contributed by atoms with E-state index in [0.29, 0.717) is 17.9 Å². The van der Waals surface area contributed by atoms with E-state index in [1.54, 1.807) is 17.4 Å². The molecule has 2 N–H and O–H groups in total. The molecule has 0 amide bonds. The van der Waals surface area contributed by atoms with Gasteiger partial charge in [0.15, 0.2) is 0 Å². The summed E-state index contributed by atoms with van der Waals surface area (Å²) in [6, 6.07) is 8.61. The third kappa shape index (κ3) is 3.09. The summed E-state index contributed by atoms with van der Waals surface area (Å²) in [7, 11) is 0. The van der Waals surface area contributed by atoms with E-state index < -0.39 is 0 Å². The summed E-state index contributed by atoms with van der Waals surface area (Å²) in [6.07, 6.45) is 1.04. The molecule has 0 bridgehead atoms. The van der Waals surface area contributed by atoms with Crippen molar-refractivity contribution >= 4 is 11.3 Å². The molecule has 96 valence electrons. The van der Waals surface area contributed by atoms with Gasteiger partial charge in [-0.2, -0.15) is 0 Å². The molecule has 0 aliphatic heterocycles. The fourth-order valence-corrected chi connectivity index (χ4v) is 2.56. The maximum absolute atomic E-state index is 13.0. The van der Waals surface area contributed by atoms with Crippen molar-refractivity contribution in [2.75, 3.05) is 0 Å². The molecule has 1 heterocycles. The van der Waals surface area contributed by atoms with E-state index in [2.05, 4.69) is 19.1 Å². The maximum Gasteiger partial charge on any atom is 0.124 e. The van der Waals surface area contributed by atoms with Gasteiger partial charge < -0.3 is 10.5 Å². The van der Waals surface area contributed by atoms with Crippen LogP contribution in [0, 0.1) is 5.82 Å². The van der Waals surface area contributed by atoms with Crippen LogP contribution < -0.4 is 10.5 Å². The Hall–Kier alpha value is -1.39. The highest BCUT2D eigenvalue weighted by molar-refractivity contribution is 7.11. The summed E-state index contributed by atoms with van der Waals surface area (Å²) < 4.78 is 18.7. The number of hydrogen-bond donors (Lipinski definition) is 1. The van der Waals surface area contributed by atoms with Crippen molar-refractivity contribution in [3.8, 4) is 5.75 Å². The molecule has 2 nitrogen and oxygen atoms in total. The Morgan fingerprint density at radius 1 is 1.22 bits per heavy atom. The number of benzene rings is 1. The van der Waals surface area contributed by atoms with Crippen LogP contribution in [-0.4, -0.2) is 0 Å². The molecule has 4 heteroatoms. The summed E-state index contributed by atoms with van der Waals surface area (Å²) in [4.78, 5) is 2.51. The number of ether oxygens (including phenoxy) is 1. The van der Waals surface area contributed by atoms with Gasteiger partial charge in [0.2, 0.25) is 0 Å². The van der Waals surface area contributed by atoms with Gasteiger partial charge in [-0.3, -0.25) is 0 Å². The maximum atomic E-state index is 13.0. The Labute approximate surface area is 110 Å². The zero-order chi connectivity index (χ0) is 13.0. The lowest BCUT2D eigenvalue weighted by Gasteiger charge is -2.09. The summed E-state index contributed by atoms with van der Waals surface area (Å²) in [5.74, 6) is 0.373. The zero-order valence-electron chi connectivity index (χ0n) is 10.3. The van der Waals surface area contributed by atoms with Crippen molar-refractivity contribution in [1.29, 1.82) is 0 Å². The second kappa shape index (κ2) is 5.98. The van der Waals surface area contributed by atoms with Gasteiger partial charge >= 0.3 is 0 Å². The molecule has 1 aromatic heterocycles. The summed E-state index contributed by atoms with van der Waals surface area (Å²) in [5.41, 5.74) is 6.27. The van der Waals surface area contributed by atoms with Crippen molar-refractivity contribution in [3.05, 3.63) is 51.5 Å². The fourth-order valence-electron chi connectivity index (χ4n) is 1.69. The van der Waals surface area contributed by atoms with Crippen molar-refractivity contribution in [3.63, 3.8) is 0 Å². The minimum absolute atomic E-state index is 0.276. The van der Waals surface area contributed by atoms with Crippen LogP contribution in [0.2, 0.25) is 0 Å². The predicted molar refractivity (Wildman–Crippen MR) is 72.3 cm³/mol. The lowest BCUT2D eigenvalue weighted by Crippen LogP contribution is -2.02. The van der Waals surface area contributed by atoms with E-state index in [4.69, 9.17) is 10.5 Å². The molecule has 0 fully saturated rings. The van der Waals surface area contributed by atoms with Gasteiger partial charge in [0.1, 0.15) is 18.2 Å². The van der Waals surface area contributed by atoms with Crippen LogP contribution in [0.3, 0.4) is 0 Å². The minimum Gasteiger partial charge on any atom is -0.488 e. The van der Waals surface area contributed by atoms with Crippen molar-refractivity contribution in [2.24, 2.45) is 5.73 Å². The molecule has 0 unspecified atom stereocenters. The number of hydrogen-bond acceptors (Lipinski definition) is 3. The van der Waals surface area contributed by atoms with Gasteiger partial charge in [-0.05, 0) is 36.8 Å². The Morgan fingerprint density at radius 3 is 2.67 bits per heavy atom. The molecular weight excluding hydrogens is 249 g/mol. The van der Waals surface area contributed by atoms with Crippen LogP contribution >= 0.6 is 11.3 Å². The van der Waals surface area contributed by atoms with Gasteiger partial charge in [-0.25, -0.2) is 4.39 Å². The summed E-state index contributed by atoms with van der Waals surface area (Å²) >= 11 is 1.74. The molecular formula is C14H16FNOS. The van der Waals surface area contributed by atoms with E-state index in [0.717, 1.165) is 6.42 Å². The van der Waals surface area contributed by atoms with Crippen LogP contribution in [0.1, 0.15) is 22.2 Å². The average molecular weight is 265 g/mol. The zero-order valence-corrected chi connectivity index (χ0v) is 11.1. The normalized spacial score (nSPS) is 10.6. The monoisotopic (exact) mass is 265 g/mol. The minimum atomic E-state index is -0.285. The van der Waals surface area contributed by atoms with Crippen molar-refractivity contribution in [1.82, 2.24) is 0 Å². The first-order valence-electron chi connectivity index (χ1n) is 5.91. The van der Waals surface area contributed by atoms with Gasteiger partial charge in [0.25, 0.3) is 0 Å². The number of nitrogens with two attached hydrogens (primary N) is 1. The highest BCUT2D eigenvalue weighted by atomic mass is 32.1. The van der Waals surface area contributed by atoms with Gasteiger partial charge in [0, 0.05) is 21.9 Å². The topological polar surface area (TPSA) is 35.2 Å². The molecule has 1 aromatic carbocycles. The van der Waals surface area contributed by atoms with E-state index in [-0.39, 0.29) is 12.4 Å². The number of rotatable bonds is 5. The lowest BCUT2D eigenvalue weighted by atomic mass is 10.2. The Balaban J connectivity index is 2.05. The first-order chi connectivity index (χ1) is 8.72. The average Bonchev–Trinajstić information content (AvgIpc) is 2.85. The van der Waals surface area contributed by atoms with Crippen LogP contribution in [-0.2, 0) is 19.6 Å².